The molecule has 1 aliphatic rings. The van der Waals surface area contributed by atoms with E-state index in [1.807, 2.05) is 31.2 Å². The highest BCUT2D eigenvalue weighted by atomic mass is 79.9. The lowest BCUT2D eigenvalue weighted by Crippen LogP contribution is -2.23. The molecular formula is C13H16BrNO2S. The van der Waals surface area contributed by atoms with Crippen molar-refractivity contribution < 1.29 is 9.53 Å². The second kappa shape index (κ2) is 6.08. The average Bonchev–Trinajstić information content (AvgIpc) is 2.71. The number of amides is 1. The first-order valence-corrected chi connectivity index (χ1v) is 7.63. The van der Waals surface area contributed by atoms with Crippen LogP contribution >= 0.6 is 27.7 Å². The van der Waals surface area contributed by atoms with Crippen LogP contribution in [0.15, 0.2) is 28.7 Å². The number of rotatable bonds is 4. The number of nitrogens with two attached hydrogens (primary N) is 1. The van der Waals surface area contributed by atoms with Crippen LogP contribution in [-0.2, 0) is 9.53 Å². The molecule has 0 aromatic heterocycles. The van der Waals surface area contributed by atoms with E-state index in [2.05, 4.69) is 15.9 Å². The van der Waals surface area contributed by atoms with Crippen LogP contribution in [-0.4, -0.2) is 23.9 Å². The number of carbonyl (C=O) groups excluding carboxylic acids is 1. The molecule has 1 aromatic rings. The number of primary amides is 1. The van der Waals surface area contributed by atoms with Crippen LogP contribution in [0, 0.1) is 0 Å². The van der Waals surface area contributed by atoms with Crippen LogP contribution < -0.4 is 5.73 Å². The Hall–Kier alpha value is -0.520. The molecule has 2 rings (SSSR count). The molecule has 1 amide bonds. The van der Waals surface area contributed by atoms with Gasteiger partial charge in [0.15, 0.2) is 0 Å². The molecule has 98 valence electrons. The first kappa shape index (κ1) is 13.9. The van der Waals surface area contributed by atoms with Gasteiger partial charge in [-0.25, -0.2) is 0 Å². The third-order valence-corrected chi connectivity index (χ3v) is 5.27. The maximum atomic E-state index is 11.7. The van der Waals surface area contributed by atoms with Crippen molar-refractivity contribution in [2.75, 3.05) is 6.61 Å². The van der Waals surface area contributed by atoms with Gasteiger partial charge in [0.25, 0.3) is 0 Å². The second-order valence-corrected chi connectivity index (χ2v) is 6.64. The molecule has 5 heteroatoms. The van der Waals surface area contributed by atoms with E-state index < -0.39 is 0 Å². The summed E-state index contributed by atoms with van der Waals surface area (Å²) in [7, 11) is 0. The van der Waals surface area contributed by atoms with Crippen LogP contribution in [0.5, 0.6) is 0 Å². The highest BCUT2D eigenvalue weighted by Crippen LogP contribution is 2.38. The molecule has 0 unspecified atom stereocenters. The number of halogens is 1. The molecule has 0 radical (unpaired) electrons. The summed E-state index contributed by atoms with van der Waals surface area (Å²) < 4.78 is 6.48. The number of carbonyl (C=O) groups is 1. The van der Waals surface area contributed by atoms with Gasteiger partial charge in [-0.1, -0.05) is 28.1 Å². The maximum Gasteiger partial charge on any atom is 0.235 e. The van der Waals surface area contributed by atoms with Gasteiger partial charge in [-0.15, -0.1) is 11.8 Å². The fraction of sp³-hybridized carbons (Fsp3) is 0.462. The topological polar surface area (TPSA) is 52.3 Å². The first-order valence-electron chi connectivity index (χ1n) is 5.90. The summed E-state index contributed by atoms with van der Waals surface area (Å²) in [5.74, 6) is -0.294. The van der Waals surface area contributed by atoms with Crippen LogP contribution in [0.1, 0.15) is 24.2 Å². The SMILES string of the molecule is C[C@@H]1OCC[C@H]1S[C@H](C(N)=O)c1cccc(Br)c1. The van der Waals surface area contributed by atoms with Crippen LogP contribution in [0.25, 0.3) is 0 Å². The van der Waals surface area contributed by atoms with E-state index in [4.69, 9.17) is 10.5 Å². The lowest BCUT2D eigenvalue weighted by molar-refractivity contribution is -0.117. The standard InChI is InChI=1S/C13H16BrNO2S/c1-8-11(5-6-17-8)18-12(13(15)16)9-3-2-4-10(14)7-9/h2-4,7-8,11-12H,5-6H2,1H3,(H2,15,16)/t8-,11+,12-/m0/s1. The molecule has 1 fully saturated rings. The van der Waals surface area contributed by atoms with Gasteiger partial charge >= 0.3 is 0 Å². The van der Waals surface area contributed by atoms with Gasteiger partial charge in [0.1, 0.15) is 5.25 Å². The summed E-state index contributed by atoms with van der Waals surface area (Å²) in [6.07, 6.45) is 1.16. The van der Waals surface area contributed by atoms with Gasteiger partial charge in [-0.3, -0.25) is 4.79 Å². The maximum absolute atomic E-state index is 11.7. The zero-order chi connectivity index (χ0) is 13.1. The minimum atomic E-state index is -0.309. The number of thioether (sulfide) groups is 1. The Labute approximate surface area is 120 Å². The quantitative estimate of drug-likeness (QED) is 0.924. The molecule has 0 bridgehead atoms. The minimum Gasteiger partial charge on any atom is -0.377 e. The molecule has 1 saturated heterocycles. The van der Waals surface area contributed by atoms with Gasteiger partial charge in [0.05, 0.1) is 6.10 Å². The Kier molecular flexibility index (Phi) is 4.70. The number of hydrogen-bond acceptors (Lipinski definition) is 3. The Morgan fingerprint density at radius 3 is 2.94 bits per heavy atom. The van der Waals surface area contributed by atoms with Gasteiger partial charge in [-0.05, 0) is 31.0 Å². The van der Waals surface area contributed by atoms with E-state index in [1.165, 1.54) is 0 Å². The van der Waals surface area contributed by atoms with Crippen molar-refractivity contribution >= 4 is 33.6 Å². The van der Waals surface area contributed by atoms with Crippen molar-refractivity contribution in [3.05, 3.63) is 34.3 Å². The van der Waals surface area contributed by atoms with E-state index in [-0.39, 0.29) is 17.3 Å². The van der Waals surface area contributed by atoms with E-state index in [0.29, 0.717) is 5.25 Å². The van der Waals surface area contributed by atoms with Crippen LogP contribution in [0.2, 0.25) is 0 Å². The monoisotopic (exact) mass is 329 g/mol. The summed E-state index contributed by atoms with van der Waals surface area (Å²) in [5, 5.41) is 0.0260. The van der Waals surface area contributed by atoms with E-state index in [0.717, 1.165) is 23.1 Å². The lowest BCUT2D eigenvalue weighted by Gasteiger charge is -2.20. The zero-order valence-corrected chi connectivity index (χ0v) is 12.5. The minimum absolute atomic E-state index is 0.184. The summed E-state index contributed by atoms with van der Waals surface area (Å²) in [6.45, 7) is 2.81. The molecule has 0 saturated carbocycles. The number of hydrogen-bond donors (Lipinski definition) is 1. The molecule has 1 heterocycles. The molecule has 1 aromatic carbocycles. The van der Waals surface area contributed by atoms with Gasteiger partial charge in [0.2, 0.25) is 5.91 Å². The third kappa shape index (κ3) is 3.28. The van der Waals surface area contributed by atoms with Crippen molar-refractivity contribution in [2.45, 2.75) is 29.9 Å². The number of benzene rings is 1. The number of ether oxygens (including phenoxy) is 1. The Bertz CT molecular complexity index is 441. The summed E-state index contributed by atoms with van der Waals surface area (Å²) in [4.78, 5) is 11.7. The fourth-order valence-corrected chi connectivity index (χ4v) is 3.78. The summed E-state index contributed by atoms with van der Waals surface area (Å²) in [5.41, 5.74) is 6.47. The predicted molar refractivity (Wildman–Crippen MR) is 77.5 cm³/mol. The highest BCUT2D eigenvalue weighted by Gasteiger charge is 2.30. The van der Waals surface area contributed by atoms with Crippen molar-refractivity contribution in [1.29, 1.82) is 0 Å². The molecule has 18 heavy (non-hydrogen) atoms. The normalized spacial score (nSPS) is 25.0. The largest absolute Gasteiger partial charge is 0.377 e. The third-order valence-electron chi connectivity index (χ3n) is 3.03. The highest BCUT2D eigenvalue weighted by molar-refractivity contribution is 9.10. The Balaban J connectivity index is 2.16. The van der Waals surface area contributed by atoms with Gasteiger partial charge in [0, 0.05) is 16.3 Å². The van der Waals surface area contributed by atoms with Gasteiger partial charge in [-0.2, -0.15) is 0 Å². The summed E-state index contributed by atoms with van der Waals surface area (Å²) in [6, 6.07) is 7.74. The average molecular weight is 330 g/mol. The molecule has 0 aliphatic carbocycles. The predicted octanol–water partition coefficient (Wildman–Crippen LogP) is 2.89. The van der Waals surface area contributed by atoms with E-state index in [9.17, 15) is 4.79 Å². The van der Waals surface area contributed by atoms with Crippen molar-refractivity contribution in [2.24, 2.45) is 5.73 Å². The molecule has 3 nitrogen and oxygen atoms in total. The second-order valence-electron chi connectivity index (χ2n) is 4.38. The first-order chi connectivity index (χ1) is 8.58. The molecule has 2 N–H and O–H groups in total. The molecule has 0 spiro atoms. The van der Waals surface area contributed by atoms with Crippen LogP contribution in [0.3, 0.4) is 0 Å². The molecular weight excluding hydrogens is 314 g/mol. The summed E-state index contributed by atoms with van der Waals surface area (Å²) >= 11 is 5.03. The zero-order valence-electron chi connectivity index (χ0n) is 10.1. The fourth-order valence-electron chi connectivity index (χ4n) is 2.05. The Morgan fingerprint density at radius 2 is 2.39 bits per heavy atom. The van der Waals surface area contributed by atoms with Crippen molar-refractivity contribution in [3.8, 4) is 0 Å². The van der Waals surface area contributed by atoms with Crippen LogP contribution in [0.4, 0.5) is 0 Å². The van der Waals surface area contributed by atoms with E-state index >= 15 is 0 Å². The van der Waals surface area contributed by atoms with Crippen molar-refractivity contribution in [3.63, 3.8) is 0 Å². The lowest BCUT2D eigenvalue weighted by atomic mass is 10.1. The smallest absolute Gasteiger partial charge is 0.235 e. The van der Waals surface area contributed by atoms with Crippen molar-refractivity contribution in [1.82, 2.24) is 0 Å². The molecule has 3 atom stereocenters. The van der Waals surface area contributed by atoms with E-state index in [1.54, 1.807) is 11.8 Å². The molecule has 1 aliphatic heterocycles. The Morgan fingerprint density at radius 1 is 1.61 bits per heavy atom. The van der Waals surface area contributed by atoms with Gasteiger partial charge < -0.3 is 10.5 Å².